The van der Waals surface area contributed by atoms with E-state index in [9.17, 15) is 4.79 Å². The molecule has 5 nitrogen and oxygen atoms in total. The molecule has 1 amide bonds. The van der Waals surface area contributed by atoms with Crippen LogP contribution in [0.25, 0.3) is 10.9 Å². The van der Waals surface area contributed by atoms with E-state index >= 15 is 0 Å². The molecule has 0 saturated carbocycles. The van der Waals surface area contributed by atoms with Gasteiger partial charge in [-0.25, -0.2) is 4.98 Å². The number of carbonyl (C=O) groups is 1. The van der Waals surface area contributed by atoms with Gasteiger partial charge < -0.3 is 15.8 Å². The van der Waals surface area contributed by atoms with E-state index in [-0.39, 0.29) is 11.9 Å². The van der Waals surface area contributed by atoms with E-state index in [4.69, 9.17) is 10.5 Å². The van der Waals surface area contributed by atoms with Gasteiger partial charge in [0.2, 0.25) is 11.8 Å². The molecule has 0 aliphatic rings. The molecule has 1 unspecified atom stereocenters. The number of amides is 1. The first-order valence-electron chi connectivity index (χ1n) is 7.72. The molecule has 0 aliphatic carbocycles. The lowest BCUT2D eigenvalue weighted by atomic mass is 10.1. The lowest BCUT2D eigenvalue weighted by Crippen LogP contribution is -2.23. The van der Waals surface area contributed by atoms with Crippen molar-refractivity contribution < 1.29 is 9.53 Å². The van der Waals surface area contributed by atoms with Gasteiger partial charge in [-0.1, -0.05) is 6.07 Å². The number of rotatable bonds is 4. The minimum absolute atomic E-state index is 0.0439. The highest BCUT2D eigenvalue weighted by molar-refractivity contribution is 5.80. The van der Waals surface area contributed by atoms with Crippen molar-refractivity contribution in [3.8, 4) is 11.6 Å². The lowest BCUT2D eigenvalue weighted by Gasteiger charge is -2.13. The number of nitrogens with zero attached hydrogens (tertiary/aromatic N) is 1. The van der Waals surface area contributed by atoms with Gasteiger partial charge in [-0.2, -0.15) is 0 Å². The number of fused-ring (bicyclic) bond motifs is 1. The summed E-state index contributed by atoms with van der Waals surface area (Å²) in [4.78, 5) is 15.7. The molecule has 1 atom stereocenters. The van der Waals surface area contributed by atoms with Crippen molar-refractivity contribution in [3.63, 3.8) is 0 Å². The Hall–Kier alpha value is -3.08. The fraction of sp³-hybridized carbons (Fsp3) is 0.158. The van der Waals surface area contributed by atoms with Crippen molar-refractivity contribution in [1.29, 1.82) is 0 Å². The van der Waals surface area contributed by atoms with Crippen molar-refractivity contribution in [2.24, 2.45) is 0 Å². The van der Waals surface area contributed by atoms with E-state index in [1.54, 1.807) is 24.3 Å². The number of ether oxygens (including phenoxy) is 1. The Morgan fingerprint density at radius 1 is 1.12 bits per heavy atom. The van der Waals surface area contributed by atoms with Crippen LogP contribution in [-0.4, -0.2) is 10.9 Å². The largest absolute Gasteiger partial charge is 0.439 e. The van der Waals surface area contributed by atoms with Crippen molar-refractivity contribution >= 4 is 22.5 Å². The lowest BCUT2D eigenvalue weighted by molar-refractivity contribution is -0.119. The summed E-state index contributed by atoms with van der Waals surface area (Å²) in [6.07, 6.45) is 0. The molecule has 0 aliphatic heterocycles. The summed E-state index contributed by atoms with van der Waals surface area (Å²) in [6, 6.07) is 16.8. The molecule has 24 heavy (non-hydrogen) atoms. The Morgan fingerprint density at radius 2 is 1.88 bits per heavy atom. The minimum Gasteiger partial charge on any atom is -0.439 e. The van der Waals surface area contributed by atoms with Gasteiger partial charge in [0, 0.05) is 24.1 Å². The average Bonchev–Trinajstić information content (AvgIpc) is 2.56. The van der Waals surface area contributed by atoms with E-state index in [1.807, 2.05) is 37.3 Å². The molecule has 0 saturated heterocycles. The Morgan fingerprint density at radius 3 is 2.58 bits per heavy atom. The third-order valence-electron chi connectivity index (χ3n) is 3.71. The molecule has 1 heterocycles. The van der Waals surface area contributed by atoms with Crippen LogP contribution in [-0.2, 0) is 4.79 Å². The summed E-state index contributed by atoms with van der Waals surface area (Å²) in [7, 11) is 0. The van der Waals surface area contributed by atoms with Crippen LogP contribution in [0, 0.1) is 0 Å². The summed E-state index contributed by atoms with van der Waals surface area (Å²) >= 11 is 0. The predicted octanol–water partition coefficient (Wildman–Crippen LogP) is 3.81. The molecule has 3 rings (SSSR count). The topological polar surface area (TPSA) is 77.2 Å². The van der Waals surface area contributed by atoms with Gasteiger partial charge >= 0.3 is 0 Å². The van der Waals surface area contributed by atoms with Crippen molar-refractivity contribution in [2.75, 3.05) is 5.73 Å². The summed E-state index contributed by atoms with van der Waals surface area (Å²) in [5, 5.41) is 3.87. The maximum atomic E-state index is 11.2. The second-order valence-electron chi connectivity index (χ2n) is 5.69. The van der Waals surface area contributed by atoms with Crippen molar-refractivity contribution in [1.82, 2.24) is 10.3 Å². The zero-order valence-electron chi connectivity index (χ0n) is 13.6. The van der Waals surface area contributed by atoms with E-state index in [1.165, 1.54) is 6.92 Å². The second-order valence-corrected chi connectivity index (χ2v) is 5.69. The average molecular weight is 321 g/mol. The normalized spacial score (nSPS) is 11.9. The van der Waals surface area contributed by atoms with Crippen LogP contribution >= 0.6 is 0 Å². The van der Waals surface area contributed by atoms with Gasteiger partial charge in [0.15, 0.2) is 0 Å². The molecule has 0 radical (unpaired) electrons. The summed E-state index contributed by atoms with van der Waals surface area (Å²) in [5.41, 5.74) is 8.22. The SMILES string of the molecule is CC(=O)NC(C)c1ccc2nc(Oc3ccc(N)cc3)ccc2c1. The first kappa shape index (κ1) is 15.8. The number of carbonyl (C=O) groups excluding carboxylic acids is 1. The van der Waals surface area contributed by atoms with Gasteiger partial charge in [0.05, 0.1) is 11.6 Å². The number of benzene rings is 2. The van der Waals surface area contributed by atoms with E-state index < -0.39 is 0 Å². The number of nitrogens with one attached hydrogen (secondary N) is 1. The van der Waals surface area contributed by atoms with Crippen LogP contribution in [0.2, 0.25) is 0 Å². The Kier molecular flexibility index (Phi) is 4.33. The maximum Gasteiger partial charge on any atom is 0.219 e. The number of pyridine rings is 1. The quantitative estimate of drug-likeness (QED) is 0.716. The van der Waals surface area contributed by atoms with E-state index in [2.05, 4.69) is 10.3 Å². The smallest absolute Gasteiger partial charge is 0.219 e. The highest BCUT2D eigenvalue weighted by Gasteiger charge is 2.08. The Labute approximate surface area is 140 Å². The van der Waals surface area contributed by atoms with Crippen LogP contribution in [0.3, 0.4) is 0 Å². The molecule has 2 aromatic carbocycles. The Balaban J connectivity index is 1.84. The first-order chi connectivity index (χ1) is 11.5. The molecule has 1 aromatic heterocycles. The maximum absolute atomic E-state index is 11.2. The highest BCUT2D eigenvalue weighted by atomic mass is 16.5. The fourth-order valence-corrected chi connectivity index (χ4v) is 2.50. The van der Waals surface area contributed by atoms with Crippen LogP contribution < -0.4 is 15.8 Å². The van der Waals surface area contributed by atoms with E-state index in [0.29, 0.717) is 17.3 Å². The first-order valence-corrected chi connectivity index (χ1v) is 7.72. The monoisotopic (exact) mass is 321 g/mol. The van der Waals surface area contributed by atoms with Gasteiger partial charge in [0.1, 0.15) is 5.75 Å². The predicted molar refractivity (Wildman–Crippen MR) is 94.9 cm³/mol. The molecule has 3 aromatic rings. The third kappa shape index (κ3) is 3.63. The number of hydrogen-bond acceptors (Lipinski definition) is 4. The minimum atomic E-state index is -0.0482. The molecular formula is C19H19N3O2. The van der Waals surface area contributed by atoms with Crippen LogP contribution in [0.4, 0.5) is 5.69 Å². The molecular weight excluding hydrogens is 302 g/mol. The highest BCUT2D eigenvalue weighted by Crippen LogP contribution is 2.25. The number of hydrogen-bond donors (Lipinski definition) is 2. The zero-order valence-corrected chi connectivity index (χ0v) is 13.6. The molecule has 122 valence electrons. The number of aromatic nitrogens is 1. The molecule has 0 bridgehead atoms. The summed E-state index contributed by atoms with van der Waals surface area (Å²) < 4.78 is 5.75. The van der Waals surface area contributed by atoms with Gasteiger partial charge in [-0.15, -0.1) is 0 Å². The van der Waals surface area contributed by atoms with Crippen molar-refractivity contribution in [3.05, 3.63) is 60.2 Å². The van der Waals surface area contributed by atoms with Crippen LogP contribution in [0.5, 0.6) is 11.6 Å². The van der Waals surface area contributed by atoms with Crippen LogP contribution in [0.15, 0.2) is 54.6 Å². The molecule has 3 N–H and O–H groups in total. The molecule has 5 heteroatoms. The standard InChI is InChI=1S/C19H19N3O2/c1-12(21-13(2)23)14-3-9-18-15(11-14)4-10-19(22-18)24-17-7-5-16(20)6-8-17/h3-12H,20H2,1-2H3,(H,21,23). The molecule has 0 fully saturated rings. The van der Waals surface area contributed by atoms with Crippen LogP contribution in [0.1, 0.15) is 25.5 Å². The van der Waals surface area contributed by atoms with Gasteiger partial charge in [-0.05, 0) is 55.0 Å². The summed E-state index contributed by atoms with van der Waals surface area (Å²) in [5.74, 6) is 1.16. The van der Waals surface area contributed by atoms with Gasteiger partial charge in [0.25, 0.3) is 0 Å². The number of anilines is 1. The van der Waals surface area contributed by atoms with E-state index in [0.717, 1.165) is 16.5 Å². The fourth-order valence-electron chi connectivity index (χ4n) is 2.50. The zero-order chi connectivity index (χ0) is 17.1. The Bertz CT molecular complexity index is 875. The number of nitrogens with two attached hydrogens (primary N) is 1. The second kappa shape index (κ2) is 6.58. The molecule has 0 spiro atoms. The summed E-state index contributed by atoms with van der Waals surface area (Å²) in [6.45, 7) is 3.47. The van der Waals surface area contributed by atoms with Gasteiger partial charge in [-0.3, -0.25) is 4.79 Å². The third-order valence-corrected chi connectivity index (χ3v) is 3.71. The number of nitrogen functional groups attached to an aromatic ring is 1. The van der Waals surface area contributed by atoms with Crippen molar-refractivity contribution in [2.45, 2.75) is 19.9 Å².